The number of nitro groups is 1. The van der Waals surface area contributed by atoms with Crippen LogP contribution in [0.1, 0.15) is 15.9 Å². The third kappa shape index (κ3) is 3.11. The van der Waals surface area contributed by atoms with Gasteiger partial charge >= 0.3 is 5.97 Å². The Bertz CT molecular complexity index is 731. The van der Waals surface area contributed by atoms with E-state index in [9.17, 15) is 14.9 Å². The lowest BCUT2D eigenvalue weighted by Crippen LogP contribution is -2.04. The third-order valence-corrected chi connectivity index (χ3v) is 3.30. The Morgan fingerprint density at radius 3 is 2.52 bits per heavy atom. The summed E-state index contributed by atoms with van der Waals surface area (Å²) in [5, 5.41) is 23.4. The summed E-state index contributed by atoms with van der Waals surface area (Å²) in [5.74, 6) is -1.24. The van der Waals surface area contributed by atoms with E-state index in [-0.39, 0.29) is 11.3 Å². The fraction of sp³-hybridized carbons (Fsp3) is 0.0714. The van der Waals surface area contributed by atoms with Gasteiger partial charge in [0.25, 0.3) is 5.69 Å². The Labute approximate surface area is 125 Å². The number of carboxylic acids is 1. The Hall–Kier alpha value is -2.60. The van der Waals surface area contributed by atoms with Crippen LogP contribution in [0.25, 0.3) is 0 Å². The van der Waals surface area contributed by atoms with Crippen LogP contribution in [0.15, 0.2) is 36.4 Å². The summed E-state index contributed by atoms with van der Waals surface area (Å²) < 4.78 is 0. The average molecular weight is 307 g/mol. The van der Waals surface area contributed by atoms with E-state index in [1.807, 2.05) is 0 Å². The number of hydrogen-bond donors (Lipinski definition) is 2. The summed E-state index contributed by atoms with van der Waals surface area (Å²) in [7, 11) is 0. The molecule has 0 bridgehead atoms. The SMILES string of the molecule is Cc1c(Nc2ccccc2Cl)cc(C(=O)O)cc1[N+](=O)[O-]. The zero-order chi connectivity index (χ0) is 15.6. The second-order valence-electron chi connectivity index (χ2n) is 4.34. The van der Waals surface area contributed by atoms with Crippen LogP contribution in [0.2, 0.25) is 5.02 Å². The van der Waals surface area contributed by atoms with Crippen molar-refractivity contribution in [1.82, 2.24) is 0 Å². The van der Waals surface area contributed by atoms with Gasteiger partial charge in [-0.05, 0) is 25.1 Å². The fourth-order valence-electron chi connectivity index (χ4n) is 1.85. The Kier molecular flexibility index (Phi) is 4.09. The number of anilines is 2. The minimum atomic E-state index is -1.24. The van der Waals surface area contributed by atoms with Crippen molar-refractivity contribution in [2.24, 2.45) is 0 Å². The highest BCUT2D eigenvalue weighted by Gasteiger charge is 2.19. The van der Waals surface area contributed by atoms with Crippen molar-refractivity contribution in [2.45, 2.75) is 6.92 Å². The molecule has 0 aliphatic carbocycles. The summed E-state index contributed by atoms with van der Waals surface area (Å²) in [6.07, 6.45) is 0. The van der Waals surface area contributed by atoms with Crippen molar-refractivity contribution in [3.8, 4) is 0 Å². The van der Waals surface area contributed by atoms with Crippen LogP contribution < -0.4 is 5.32 Å². The second kappa shape index (κ2) is 5.80. The highest BCUT2D eigenvalue weighted by atomic mass is 35.5. The van der Waals surface area contributed by atoms with Crippen molar-refractivity contribution in [1.29, 1.82) is 0 Å². The summed E-state index contributed by atoms with van der Waals surface area (Å²) in [6, 6.07) is 9.23. The number of nitro benzene ring substituents is 1. The van der Waals surface area contributed by atoms with E-state index in [0.717, 1.165) is 6.07 Å². The molecule has 0 radical (unpaired) electrons. The van der Waals surface area contributed by atoms with Gasteiger partial charge in [-0.1, -0.05) is 23.7 Å². The smallest absolute Gasteiger partial charge is 0.336 e. The van der Waals surface area contributed by atoms with Crippen LogP contribution in [-0.2, 0) is 0 Å². The van der Waals surface area contributed by atoms with Gasteiger partial charge in [-0.3, -0.25) is 10.1 Å². The summed E-state index contributed by atoms with van der Waals surface area (Å²) in [5.41, 5.74) is 0.782. The molecule has 6 nitrogen and oxygen atoms in total. The number of hydrogen-bond acceptors (Lipinski definition) is 4. The highest BCUT2D eigenvalue weighted by Crippen LogP contribution is 2.32. The maximum Gasteiger partial charge on any atom is 0.336 e. The van der Waals surface area contributed by atoms with E-state index in [2.05, 4.69) is 5.32 Å². The minimum Gasteiger partial charge on any atom is -0.478 e. The number of aromatic carboxylic acids is 1. The molecule has 0 amide bonds. The predicted octanol–water partition coefficient (Wildman–Crippen LogP) is 4.00. The number of halogens is 1. The van der Waals surface area contributed by atoms with Gasteiger partial charge < -0.3 is 10.4 Å². The summed E-state index contributed by atoms with van der Waals surface area (Å²) >= 11 is 6.02. The first-order valence-corrected chi connectivity index (χ1v) is 6.32. The number of carboxylic acid groups (broad SMARTS) is 1. The first kappa shape index (κ1) is 14.8. The molecular weight excluding hydrogens is 296 g/mol. The zero-order valence-corrected chi connectivity index (χ0v) is 11.7. The molecule has 0 saturated carbocycles. The Morgan fingerprint density at radius 2 is 1.95 bits per heavy atom. The summed E-state index contributed by atoms with van der Waals surface area (Å²) in [6.45, 7) is 1.54. The molecule has 0 heterocycles. The maximum absolute atomic E-state index is 11.1. The molecule has 2 rings (SSSR count). The molecule has 0 aliphatic heterocycles. The number of nitrogens with one attached hydrogen (secondary N) is 1. The van der Waals surface area contributed by atoms with E-state index >= 15 is 0 Å². The van der Waals surface area contributed by atoms with Crippen LogP contribution in [0.3, 0.4) is 0 Å². The van der Waals surface area contributed by atoms with Crippen molar-refractivity contribution < 1.29 is 14.8 Å². The van der Waals surface area contributed by atoms with Gasteiger partial charge in [-0.25, -0.2) is 4.79 Å². The molecular formula is C14H11ClN2O4. The molecule has 21 heavy (non-hydrogen) atoms. The van der Waals surface area contributed by atoms with Crippen molar-refractivity contribution in [2.75, 3.05) is 5.32 Å². The lowest BCUT2D eigenvalue weighted by Gasteiger charge is -2.12. The minimum absolute atomic E-state index is 0.165. The van der Waals surface area contributed by atoms with Crippen LogP contribution in [-0.4, -0.2) is 16.0 Å². The fourth-order valence-corrected chi connectivity index (χ4v) is 2.03. The second-order valence-corrected chi connectivity index (χ2v) is 4.74. The van der Waals surface area contributed by atoms with E-state index < -0.39 is 10.9 Å². The van der Waals surface area contributed by atoms with Crippen molar-refractivity contribution in [3.05, 3.63) is 62.7 Å². The molecule has 108 valence electrons. The number of rotatable bonds is 4. The largest absolute Gasteiger partial charge is 0.478 e. The number of benzene rings is 2. The standard InChI is InChI=1S/C14H11ClN2O4/c1-8-12(16-11-5-3-2-4-10(11)15)6-9(14(18)19)7-13(8)17(20)21/h2-7,16H,1H3,(H,18,19). The summed E-state index contributed by atoms with van der Waals surface area (Å²) in [4.78, 5) is 21.5. The normalized spacial score (nSPS) is 10.2. The topological polar surface area (TPSA) is 92.5 Å². The zero-order valence-electron chi connectivity index (χ0n) is 11.0. The molecule has 2 aromatic rings. The van der Waals surface area contributed by atoms with Crippen LogP contribution in [0.5, 0.6) is 0 Å². The number of nitrogens with zero attached hydrogens (tertiary/aromatic N) is 1. The van der Waals surface area contributed by atoms with Gasteiger partial charge in [0.1, 0.15) is 0 Å². The highest BCUT2D eigenvalue weighted by molar-refractivity contribution is 6.33. The van der Waals surface area contributed by atoms with Gasteiger partial charge in [0.15, 0.2) is 0 Å². The van der Waals surface area contributed by atoms with Crippen LogP contribution in [0.4, 0.5) is 17.1 Å². The van der Waals surface area contributed by atoms with Crippen molar-refractivity contribution in [3.63, 3.8) is 0 Å². The molecule has 2 aromatic carbocycles. The van der Waals surface area contributed by atoms with Gasteiger partial charge in [-0.2, -0.15) is 0 Å². The molecule has 0 aromatic heterocycles. The van der Waals surface area contributed by atoms with Gasteiger partial charge in [0.05, 0.1) is 26.8 Å². The lowest BCUT2D eigenvalue weighted by molar-refractivity contribution is -0.385. The number of para-hydroxylation sites is 1. The number of carbonyl (C=O) groups is 1. The lowest BCUT2D eigenvalue weighted by atomic mass is 10.1. The Balaban J connectivity index is 2.55. The molecule has 0 fully saturated rings. The van der Waals surface area contributed by atoms with Crippen LogP contribution >= 0.6 is 11.6 Å². The van der Waals surface area contributed by atoms with Gasteiger partial charge in [0.2, 0.25) is 0 Å². The van der Waals surface area contributed by atoms with Gasteiger partial charge in [0, 0.05) is 11.8 Å². The maximum atomic E-state index is 11.1. The predicted molar refractivity (Wildman–Crippen MR) is 79.5 cm³/mol. The van der Waals surface area contributed by atoms with Crippen LogP contribution in [0, 0.1) is 17.0 Å². The van der Waals surface area contributed by atoms with Gasteiger partial charge in [-0.15, -0.1) is 0 Å². The third-order valence-electron chi connectivity index (χ3n) is 2.97. The molecule has 7 heteroatoms. The first-order valence-electron chi connectivity index (χ1n) is 5.94. The molecule has 2 N–H and O–H groups in total. The van der Waals surface area contributed by atoms with Crippen molar-refractivity contribution >= 4 is 34.6 Å². The molecule has 0 aliphatic rings. The van der Waals surface area contributed by atoms with E-state index in [0.29, 0.717) is 22.0 Å². The molecule has 0 unspecified atom stereocenters. The quantitative estimate of drug-likeness (QED) is 0.658. The average Bonchev–Trinajstić information content (AvgIpc) is 2.42. The monoisotopic (exact) mass is 306 g/mol. The molecule has 0 spiro atoms. The Morgan fingerprint density at radius 1 is 1.29 bits per heavy atom. The molecule has 0 saturated heterocycles. The molecule has 0 atom stereocenters. The van der Waals surface area contributed by atoms with E-state index in [1.165, 1.54) is 6.07 Å². The van der Waals surface area contributed by atoms with E-state index in [4.69, 9.17) is 16.7 Å². The first-order chi connectivity index (χ1) is 9.90. The van der Waals surface area contributed by atoms with E-state index in [1.54, 1.807) is 31.2 Å².